The number of ether oxygens (including phenoxy) is 2. The van der Waals surface area contributed by atoms with Gasteiger partial charge in [0.25, 0.3) is 5.91 Å². The minimum absolute atomic E-state index is 0.0126. The molecule has 6 nitrogen and oxygen atoms in total. The molecule has 4 atom stereocenters. The van der Waals surface area contributed by atoms with Gasteiger partial charge >= 0.3 is 0 Å². The second-order valence-electron chi connectivity index (χ2n) is 11.9. The molecule has 11 heteroatoms. The van der Waals surface area contributed by atoms with Crippen LogP contribution in [-0.4, -0.2) is 41.1 Å². The molecule has 1 heterocycles. The lowest BCUT2D eigenvalue weighted by molar-refractivity contribution is -0.276. The highest BCUT2D eigenvalue weighted by molar-refractivity contribution is 5.94. The summed E-state index contributed by atoms with van der Waals surface area (Å²) in [6.45, 7) is 7.18. The van der Waals surface area contributed by atoms with Gasteiger partial charge in [-0.2, -0.15) is 0 Å². The van der Waals surface area contributed by atoms with Crippen LogP contribution in [0.3, 0.4) is 0 Å². The van der Waals surface area contributed by atoms with Crippen molar-refractivity contribution in [1.29, 1.82) is 0 Å². The highest BCUT2D eigenvalue weighted by atomic mass is 19.2. The molecule has 2 N–H and O–H groups in total. The number of nitrogens with zero attached hydrogens (tertiary/aromatic N) is 1. The number of hydrogen-bond donors (Lipinski definition) is 2. The molecule has 1 aliphatic carbocycles. The number of carbonyl (C=O) groups excluding carboxylic acids is 1. The Bertz CT molecular complexity index is 1500. The van der Waals surface area contributed by atoms with Gasteiger partial charge in [-0.25, -0.2) is 22.0 Å². The quantitative estimate of drug-likeness (QED) is 0.102. The minimum Gasteiger partial charge on any atom is -0.392 e. The summed E-state index contributed by atoms with van der Waals surface area (Å²) < 4.78 is 81.8. The lowest BCUT2D eigenvalue weighted by Gasteiger charge is -2.43. The van der Waals surface area contributed by atoms with Gasteiger partial charge in [0.15, 0.2) is 29.6 Å². The Morgan fingerprint density at radius 3 is 2.04 bits per heavy atom. The van der Waals surface area contributed by atoms with Crippen molar-refractivity contribution in [3.8, 4) is 0 Å². The van der Waals surface area contributed by atoms with Crippen molar-refractivity contribution >= 4 is 5.91 Å². The smallest absolute Gasteiger partial charge is 0.257 e. The molecule has 0 unspecified atom stereocenters. The topological polar surface area (TPSA) is 71.0 Å². The lowest BCUT2D eigenvalue weighted by atomic mass is 9.89. The van der Waals surface area contributed by atoms with Crippen LogP contribution in [0.25, 0.3) is 0 Å². The van der Waals surface area contributed by atoms with E-state index in [0.717, 1.165) is 30.5 Å². The van der Waals surface area contributed by atoms with E-state index in [1.165, 1.54) is 12.8 Å². The lowest BCUT2D eigenvalue weighted by Crippen LogP contribution is -2.47. The van der Waals surface area contributed by atoms with E-state index in [9.17, 15) is 31.9 Å². The Kier molecular flexibility index (Phi) is 10.9. The molecule has 1 saturated heterocycles. The Hall–Kier alpha value is -3.64. The molecule has 0 spiro atoms. The molecule has 3 aromatic carbocycles. The van der Waals surface area contributed by atoms with E-state index in [1.54, 1.807) is 24.3 Å². The number of nitrogens with one attached hydrogen (secondary N) is 1. The molecular weight excluding hydrogens is 607 g/mol. The number of rotatable bonds is 11. The van der Waals surface area contributed by atoms with Crippen molar-refractivity contribution in [3.63, 3.8) is 0 Å². The standard InChI is InChI=1S/C35H37F5N2O4/c1-3-16-42(25-6-4-5-7-25)18-26-20(2)33(23-12-10-22(19-43)11-13-23)46-35(45-26)24-14-8-21(9-15-24)17-41-34(44)27-28(36)30(38)32(40)31(39)29(27)37/h3,8-15,20,25-26,33,35,43H,1,4-7,16-19H2,2H3,(H,41,44)/t20-,26+,33+,35+/m0/s1. The summed E-state index contributed by atoms with van der Waals surface area (Å²) in [5, 5.41) is 11.7. The zero-order chi connectivity index (χ0) is 33.0. The minimum atomic E-state index is -2.33. The molecule has 2 aliphatic rings. The second-order valence-corrected chi connectivity index (χ2v) is 11.9. The monoisotopic (exact) mass is 644 g/mol. The van der Waals surface area contributed by atoms with Crippen LogP contribution in [0, 0.1) is 35.0 Å². The summed E-state index contributed by atoms with van der Waals surface area (Å²) in [7, 11) is 0. The van der Waals surface area contributed by atoms with Crippen molar-refractivity contribution in [3.05, 3.63) is 118 Å². The normalized spacial score (nSPS) is 21.9. The maximum atomic E-state index is 14.1. The zero-order valence-electron chi connectivity index (χ0n) is 25.5. The molecule has 0 bridgehead atoms. The van der Waals surface area contributed by atoms with E-state index in [1.807, 2.05) is 30.3 Å². The van der Waals surface area contributed by atoms with Crippen LogP contribution in [0.1, 0.15) is 77.6 Å². The van der Waals surface area contributed by atoms with Gasteiger partial charge in [0.1, 0.15) is 5.56 Å². The van der Waals surface area contributed by atoms with Gasteiger partial charge in [0.2, 0.25) is 5.82 Å². The van der Waals surface area contributed by atoms with Crippen LogP contribution in [0.5, 0.6) is 0 Å². The van der Waals surface area contributed by atoms with Gasteiger partial charge in [0, 0.05) is 37.2 Å². The van der Waals surface area contributed by atoms with Gasteiger partial charge in [-0.15, -0.1) is 6.58 Å². The first-order chi connectivity index (χ1) is 22.1. The van der Waals surface area contributed by atoms with E-state index >= 15 is 0 Å². The van der Waals surface area contributed by atoms with Gasteiger partial charge in [0.05, 0.1) is 18.8 Å². The summed E-state index contributed by atoms with van der Waals surface area (Å²) in [4.78, 5) is 14.8. The molecule has 246 valence electrons. The molecule has 2 fully saturated rings. The molecule has 46 heavy (non-hydrogen) atoms. The van der Waals surface area contributed by atoms with Crippen LogP contribution < -0.4 is 5.32 Å². The molecular formula is C35H37F5N2O4. The van der Waals surface area contributed by atoms with E-state index in [2.05, 4.69) is 23.7 Å². The average molecular weight is 645 g/mol. The van der Waals surface area contributed by atoms with Crippen LogP contribution >= 0.6 is 0 Å². The second kappa shape index (κ2) is 14.8. The highest BCUT2D eigenvalue weighted by Gasteiger charge is 2.40. The summed E-state index contributed by atoms with van der Waals surface area (Å²) in [6, 6.07) is 14.9. The number of benzene rings is 3. The van der Waals surface area contributed by atoms with Crippen molar-refractivity contribution in [2.75, 3.05) is 13.1 Å². The predicted octanol–water partition coefficient (Wildman–Crippen LogP) is 7.03. The maximum absolute atomic E-state index is 14.1. The van der Waals surface area contributed by atoms with Gasteiger partial charge in [-0.3, -0.25) is 9.69 Å². The fraction of sp³-hybridized carbons (Fsp3) is 0.400. The number of aliphatic hydroxyl groups excluding tert-OH is 1. The number of aliphatic hydroxyl groups is 1. The summed E-state index contributed by atoms with van der Waals surface area (Å²) in [6.07, 6.45) is 5.31. The first-order valence-corrected chi connectivity index (χ1v) is 15.4. The first kappa shape index (κ1) is 33.7. The molecule has 0 radical (unpaired) electrons. The first-order valence-electron chi connectivity index (χ1n) is 15.4. The highest BCUT2D eigenvalue weighted by Crippen LogP contribution is 2.42. The van der Waals surface area contributed by atoms with E-state index < -0.39 is 46.8 Å². The Balaban J connectivity index is 1.33. The summed E-state index contributed by atoms with van der Waals surface area (Å²) in [5.74, 6) is -12.5. The van der Waals surface area contributed by atoms with Gasteiger partial charge in [-0.05, 0) is 29.5 Å². The van der Waals surface area contributed by atoms with Crippen LogP contribution in [0.4, 0.5) is 22.0 Å². The predicted molar refractivity (Wildman–Crippen MR) is 161 cm³/mol. The largest absolute Gasteiger partial charge is 0.392 e. The van der Waals surface area contributed by atoms with Crippen molar-refractivity contribution in [1.82, 2.24) is 10.2 Å². The third-order valence-electron chi connectivity index (χ3n) is 8.88. The number of carbonyl (C=O) groups is 1. The summed E-state index contributed by atoms with van der Waals surface area (Å²) in [5.41, 5.74) is 1.40. The fourth-order valence-electron chi connectivity index (χ4n) is 6.23. The maximum Gasteiger partial charge on any atom is 0.257 e. The van der Waals surface area contributed by atoms with Crippen molar-refractivity contribution < 1.29 is 41.3 Å². The average Bonchev–Trinajstić information content (AvgIpc) is 3.62. The molecule has 5 rings (SSSR count). The third-order valence-corrected chi connectivity index (χ3v) is 8.88. The van der Waals surface area contributed by atoms with Gasteiger partial charge in [-0.1, -0.05) is 74.4 Å². The van der Waals surface area contributed by atoms with Crippen LogP contribution in [0.15, 0.2) is 61.2 Å². The Morgan fingerprint density at radius 2 is 1.46 bits per heavy atom. The third kappa shape index (κ3) is 7.17. The van der Waals surface area contributed by atoms with Crippen LogP contribution in [-0.2, 0) is 22.6 Å². The number of hydrogen-bond acceptors (Lipinski definition) is 5. The Labute approximate surface area is 264 Å². The number of halogens is 5. The number of amides is 1. The van der Waals surface area contributed by atoms with E-state index in [0.29, 0.717) is 23.7 Å². The molecule has 0 aromatic heterocycles. The Morgan fingerprint density at radius 1 is 0.891 bits per heavy atom. The molecule has 1 aliphatic heterocycles. The molecule has 3 aromatic rings. The SMILES string of the molecule is C=CCN(C[C@H]1O[C@@H](c2ccc(CNC(=O)c3c(F)c(F)c(F)c(F)c3F)cc2)O[C@@H](c2ccc(CO)cc2)[C@H]1C)C1CCCC1. The van der Waals surface area contributed by atoms with Crippen molar-refractivity contribution in [2.45, 2.75) is 70.3 Å². The molecule has 1 saturated carbocycles. The zero-order valence-corrected chi connectivity index (χ0v) is 25.5. The van der Waals surface area contributed by atoms with Crippen molar-refractivity contribution in [2.24, 2.45) is 5.92 Å². The van der Waals surface area contributed by atoms with Gasteiger partial charge < -0.3 is 19.9 Å². The molecule has 1 amide bonds. The van der Waals surface area contributed by atoms with Crippen LogP contribution in [0.2, 0.25) is 0 Å². The van der Waals surface area contributed by atoms with E-state index in [4.69, 9.17) is 9.47 Å². The van der Waals surface area contributed by atoms with E-state index in [-0.39, 0.29) is 31.3 Å². The fourth-order valence-corrected chi connectivity index (χ4v) is 6.23. The summed E-state index contributed by atoms with van der Waals surface area (Å²) >= 11 is 0.